The molecule has 188 valence electrons. The fourth-order valence-corrected chi connectivity index (χ4v) is 6.08. The van der Waals surface area contributed by atoms with Gasteiger partial charge in [-0.15, -0.1) is 0 Å². The van der Waals surface area contributed by atoms with Gasteiger partial charge in [0, 0.05) is 15.6 Å². The molecule has 0 saturated carbocycles. The molecule has 0 saturated heterocycles. The minimum atomic E-state index is -3.93. The summed E-state index contributed by atoms with van der Waals surface area (Å²) in [6.07, 6.45) is -1.12. The van der Waals surface area contributed by atoms with E-state index in [9.17, 15) is 13.5 Å². The van der Waals surface area contributed by atoms with Crippen LogP contribution < -0.4 is 4.31 Å². The highest BCUT2D eigenvalue weighted by atomic mass is 79.9. The summed E-state index contributed by atoms with van der Waals surface area (Å²) in [4.78, 5) is 5.74. The number of aryl methyl sites for hydroxylation is 1. The summed E-state index contributed by atoms with van der Waals surface area (Å²) in [5, 5.41) is 15.2. The highest BCUT2D eigenvalue weighted by Crippen LogP contribution is 2.36. The van der Waals surface area contributed by atoms with E-state index in [2.05, 4.69) is 21.1 Å². The number of benzene rings is 4. The Bertz CT molecular complexity index is 1500. The lowest BCUT2D eigenvalue weighted by atomic mass is 10.1. The zero-order valence-corrected chi connectivity index (χ0v) is 22.5. The summed E-state index contributed by atoms with van der Waals surface area (Å²) in [7, 11) is -3.93. The van der Waals surface area contributed by atoms with Gasteiger partial charge in [-0.3, -0.25) is 4.31 Å². The standard InChI is InChI=1S/C29H25BrN2O4S/c1-20-10-16-24(17-11-20)37(34,35)32(22-14-12-21(30)13-15-22)18-23(33)19-36-31-29-27-8-4-2-6-25(27)26-7-3-5-9-28(26)29/h2-17,23,33H,18-19H2,1H3/t23-/m1/s1. The van der Waals surface area contributed by atoms with Crippen molar-refractivity contribution in [2.45, 2.75) is 17.9 Å². The van der Waals surface area contributed by atoms with Crippen molar-refractivity contribution in [2.75, 3.05) is 17.5 Å². The molecular formula is C29H25BrN2O4S. The topological polar surface area (TPSA) is 79.2 Å². The number of aliphatic hydroxyl groups is 1. The monoisotopic (exact) mass is 576 g/mol. The summed E-state index contributed by atoms with van der Waals surface area (Å²) in [6.45, 7) is 1.52. The van der Waals surface area contributed by atoms with Gasteiger partial charge in [0.05, 0.1) is 17.1 Å². The molecule has 1 aliphatic carbocycles. The number of hydrogen-bond acceptors (Lipinski definition) is 5. The predicted octanol–water partition coefficient (Wildman–Crippen LogP) is 5.76. The molecule has 6 nitrogen and oxygen atoms in total. The van der Waals surface area contributed by atoms with Crippen LogP contribution in [0.3, 0.4) is 0 Å². The lowest BCUT2D eigenvalue weighted by molar-refractivity contribution is 0.0456. The van der Waals surface area contributed by atoms with Crippen molar-refractivity contribution in [3.05, 3.63) is 118 Å². The van der Waals surface area contributed by atoms with Crippen LogP contribution in [0.15, 0.2) is 112 Å². The van der Waals surface area contributed by atoms with Gasteiger partial charge >= 0.3 is 0 Å². The van der Waals surface area contributed by atoms with Crippen LogP contribution in [0.2, 0.25) is 0 Å². The van der Waals surface area contributed by atoms with E-state index < -0.39 is 16.1 Å². The smallest absolute Gasteiger partial charge is 0.264 e. The van der Waals surface area contributed by atoms with Gasteiger partial charge in [-0.05, 0) is 54.4 Å². The first kappa shape index (κ1) is 25.2. The SMILES string of the molecule is Cc1ccc(S(=O)(=O)N(C[C@@H](O)CON=C2c3ccccc3-c3ccccc32)c2ccc(Br)cc2)cc1. The molecule has 1 atom stereocenters. The molecule has 0 amide bonds. The first-order chi connectivity index (χ1) is 17.8. The fraction of sp³-hybridized carbons (Fsp3) is 0.138. The first-order valence-electron chi connectivity index (χ1n) is 11.8. The van der Waals surface area contributed by atoms with Crippen LogP contribution in [0.5, 0.6) is 0 Å². The van der Waals surface area contributed by atoms with Gasteiger partial charge in [0.15, 0.2) is 0 Å². The van der Waals surface area contributed by atoms with Gasteiger partial charge in [-0.2, -0.15) is 0 Å². The highest BCUT2D eigenvalue weighted by molar-refractivity contribution is 9.10. The minimum Gasteiger partial charge on any atom is -0.392 e. The number of aliphatic hydroxyl groups excluding tert-OH is 1. The van der Waals surface area contributed by atoms with Crippen molar-refractivity contribution >= 4 is 37.4 Å². The first-order valence-corrected chi connectivity index (χ1v) is 14.0. The number of rotatable bonds is 8. The highest BCUT2D eigenvalue weighted by Gasteiger charge is 2.28. The molecule has 0 heterocycles. The minimum absolute atomic E-state index is 0.147. The average Bonchev–Trinajstić information content (AvgIpc) is 3.22. The Hall–Kier alpha value is -3.46. The summed E-state index contributed by atoms with van der Waals surface area (Å²) < 4.78 is 29.1. The maximum atomic E-state index is 13.6. The predicted molar refractivity (Wildman–Crippen MR) is 149 cm³/mol. The Balaban J connectivity index is 1.37. The van der Waals surface area contributed by atoms with Crippen molar-refractivity contribution in [2.24, 2.45) is 5.16 Å². The van der Waals surface area contributed by atoms with E-state index in [1.54, 1.807) is 48.5 Å². The Kier molecular flexibility index (Phi) is 7.15. The van der Waals surface area contributed by atoms with Crippen LogP contribution in [0.4, 0.5) is 5.69 Å². The molecule has 1 aliphatic rings. The molecule has 0 aliphatic heterocycles. The van der Waals surface area contributed by atoms with Gasteiger partial charge in [0.2, 0.25) is 0 Å². The molecule has 0 unspecified atom stereocenters. The van der Waals surface area contributed by atoms with Crippen molar-refractivity contribution in [1.29, 1.82) is 0 Å². The van der Waals surface area contributed by atoms with Gasteiger partial charge in [-0.25, -0.2) is 8.42 Å². The molecule has 0 fully saturated rings. The Morgan fingerprint density at radius 3 is 1.95 bits per heavy atom. The maximum Gasteiger partial charge on any atom is 0.264 e. The largest absolute Gasteiger partial charge is 0.392 e. The van der Waals surface area contributed by atoms with Crippen molar-refractivity contribution in [3.8, 4) is 11.1 Å². The molecule has 4 aromatic rings. The third kappa shape index (κ3) is 5.18. The van der Waals surface area contributed by atoms with Gasteiger partial charge in [-0.1, -0.05) is 87.3 Å². The van der Waals surface area contributed by atoms with E-state index in [1.807, 2.05) is 55.5 Å². The number of fused-ring (bicyclic) bond motifs is 3. The van der Waals surface area contributed by atoms with Crippen molar-refractivity contribution < 1.29 is 18.4 Å². The van der Waals surface area contributed by atoms with Crippen LogP contribution in [-0.2, 0) is 14.9 Å². The zero-order chi connectivity index (χ0) is 26.0. The van der Waals surface area contributed by atoms with Crippen molar-refractivity contribution in [3.63, 3.8) is 0 Å². The lowest BCUT2D eigenvalue weighted by Crippen LogP contribution is -2.39. The number of nitrogens with zero attached hydrogens (tertiary/aromatic N) is 2. The Morgan fingerprint density at radius 1 is 0.838 bits per heavy atom. The number of halogens is 1. The average molecular weight is 578 g/mol. The van der Waals surface area contributed by atoms with Crippen LogP contribution in [0.25, 0.3) is 11.1 Å². The summed E-state index contributed by atoms with van der Waals surface area (Å²) in [5.41, 5.74) is 6.14. The Labute approximate surface area is 225 Å². The Morgan fingerprint density at radius 2 is 1.38 bits per heavy atom. The molecule has 0 spiro atoms. The van der Waals surface area contributed by atoms with E-state index in [1.165, 1.54) is 4.31 Å². The number of anilines is 1. The third-order valence-corrected chi connectivity index (χ3v) is 8.51. The van der Waals surface area contributed by atoms with Crippen molar-refractivity contribution in [1.82, 2.24) is 0 Å². The molecular weight excluding hydrogens is 552 g/mol. The summed E-state index contributed by atoms with van der Waals surface area (Å²) in [5.74, 6) is 0. The molecule has 37 heavy (non-hydrogen) atoms. The van der Waals surface area contributed by atoms with Crippen LogP contribution in [-0.4, -0.2) is 38.5 Å². The molecule has 5 rings (SSSR count). The normalized spacial score (nSPS) is 13.0. The second-order valence-corrected chi connectivity index (χ2v) is 11.6. The lowest BCUT2D eigenvalue weighted by Gasteiger charge is -2.26. The van der Waals surface area contributed by atoms with E-state index in [-0.39, 0.29) is 18.0 Å². The second-order valence-electron chi connectivity index (χ2n) is 8.81. The molecule has 1 N–H and O–H groups in total. The van der Waals surface area contributed by atoms with Gasteiger partial charge in [0.25, 0.3) is 10.0 Å². The summed E-state index contributed by atoms with van der Waals surface area (Å²) >= 11 is 3.39. The number of hydrogen-bond donors (Lipinski definition) is 1. The summed E-state index contributed by atoms with van der Waals surface area (Å²) in [6, 6.07) is 29.4. The molecule has 0 aromatic heterocycles. The third-order valence-electron chi connectivity index (χ3n) is 6.18. The number of sulfonamides is 1. The van der Waals surface area contributed by atoms with Crippen LogP contribution >= 0.6 is 15.9 Å². The molecule has 0 bridgehead atoms. The van der Waals surface area contributed by atoms with Crippen LogP contribution in [0.1, 0.15) is 16.7 Å². The molecule has 4 aromatic carbocycles. The van der Waals surface area contributed by atoms with Gasteiger partial charge in [0.1, 0.15) is 18.4 Å². The number of oxime groups is 1. The second kappa shape index (κ2) is 10.5. The maximum absolute atomic E-state index is 13.6. The molecule has 0 radical (unpaired) electrons. The van der Waals surface area contributed by atoms with E-state index >= 15 is 0 Å². The zero-order valence-electron chi connectivity index (χ0n) is 20.1. The molecule has 8 heteroatoms. The van der Waals surface area contributed by atoms with E-state index in [4.69, 9.17) is 4.84 Å². The van der Waals surface area contributed by atoms with E-state index in [0.717, 1.165) is 32.3 Å². The van der Waals surface area contributed by atoms with E-state index in [0.29, 0.717) is 11.4 Å². The fourth-order valence-electron chi connectivity index (χ4n) is 4.31. The van der Waals surface area contributed by atoms with Gasteiger partial charge < -0.3 is 9.94 Å². The van der Waals surface area contributed by atoms with Crippen LogP contribution in [0, 0.1) is 6.92 Å². The quantitative estimate of drug-likeness (QED) is 0.238.